The van der Waals surface area contributed by atoms with Gasteiger partial charge in [0.15, 0.2) is 0 Å². The molecule has 1 unspecified atom stereocenters. The number of rotatable bonds is 14. The van der Waals surface area contributed by atoms with E-state index in [1.807, 2.05) is 30.6 Å². The molecule has 0 saturated carbocycles. The number of ether oxygens (including phenoxy) is 1. The molecule has 4 nitrogen and oxygen atoms in total. The van der Waals surface area contributed by atoms with Crippen molar-refractivity contribution in [2.24, 2.45) is 0 Å². The molecule has 0 spiro atoms. The van der Waals surface area contributed by atoms with E-state index < -0.39 is 0 Å². The maximum absolute atomic E-state index is 12.2. The predicted molar refractivity (Wildman–Crippen MR) is 118 cm³/mol. The van der Waals surface area contributed by atoms with Gasteiger partial charge in [0, 0.05) is 24.7 Å². The SMILES string of the molecule is CCCCCCCCc1cnc(C(CCC)CCC(=O)Oc2ccccc2)nc1. The van der Waals surface area contributed by atoms with E-state index in [1.54, 1.807) is 12.1 Å². The van der Waals surface area contributed by atoms with Gasteiger partial charge in [-0.2, -0.15) is 0 Å². The van der Waals surface area contributed by atoms with Crippen molar-refractivity contribution in [2.75, 3.05) is 0 Å². The smallest absolute Gasteiger partial charge is 0.311 e. The largest absolute Gasteiger partial charge is 0.427 e. The number of para-hydroxylation sites is 1. The van der Waals surface area contributed by atoms with Crippen molar-refractivity contribution in [1.82, 2.24) is 9.97 Å². The highest BCUT2D eigenvalue weighted by molar-refractivity contribution is 5.72. The summed E-state index contributed by atoms with van der Waals surface area (Å²) in [7, 11) is 0. The van der Waals surface area contributed by atoms with Crippen LogP contribution in [-0.4, -0.2) is 15.9 Å². The van der Waals surface area contributed by atoms with Crippen LogP contribution in [0.5, 0.6) is 5.75 Å². The maximum Gasteiger partial charge on any atom is 0.311 e. The molecular formula is C25H36N2O2. The zero-order valence-electron chi connectivity index (χ0n) is 18.1. The fraction of sp³-hybridized carbons (Fsp3) is 0.560. The van der Waals surface area contributed by atoms with Gasteiger partial charge in [-0.15, -0.1) is 0 Å². The number of aryl methyl sites for hydroxylation is 1. The summed E-state index contributed by atoms with van der Waals surface area (Å²) >= 11 is 0. The van der Waals surface area contributed by atoms with Crippen molar-refractivity contribution < 1.29 is 9.53 Å². The highest BCUT2D eigenvalue weighted by atomic mass is 16.5. The number of nitrogens with zero attached hydrogens (tertiary/aromatic N) is 2. The van der Waals surface area contributed by atoms with Crippen LogP contribution < -0.4 is 4.74 Å². The molecule has 0 amide bonds. The first-order valence-corrected chi connectivity index (χ1v) is 11.3. The quantitative estimate of drug-likeness (QED) is 0.204. The summed E-state index contributed by atoms with van der Waals surface area (Å²) in [4.78, 5) is 21.4. The van der Waals surface area contributed by atoms with E-state index in [2.05, 4.69) is 23.8 Å². The number of carbonyl (C=O) groups is 1. The van der Waals surface area contributed by atoms with Crippen LogP contribution in [0.25, 0.3) is 0 Å². The summed E-state index contributed by atoms with van der Waals surface area (Å²) in [6, 6.07) is 9.23. The van der Waals surface area contributed by atoms with E-state index in [4.69, 9.17) is 4.74 Å². The van der Waals surface area contributed by atoms with Gasteiger partial charge in [-0.05, 0) is 43.4 Å². The van der Waals surface area contributed by atoms with Gasteiger partial charge in [-0.25, -0.2) is 9.97 Å². The molecule has 1 heterocycles. The molecule has 1 atom stereocenters. The number of unbranched alkanes of at least 4 members (excludes halogenated alkanes) is 5. The van der Waals surface area contributed by atoms with E-state index in [9.17, 15) is 4.79 Å². The van der Waals surface area contributed by atoms with Crippen LogP contribution in [0.4, 0.5) is 0 Å². The van der Waals surface area contributed by atoms with Crippen molar-refractivity contribution in [3.8, 4) is 5.75 Å². The molecule has 0 fully saturated rings. The van der Waals surface area contributed by atoms with Gasteiger partial charge in [0.05, 0.1) is 0 Å². The van der Waals surface area contributed by atoms with Crippen LogP contribution in [0.15, 0.2) is 42.7 Å². The predicted octanol–water partition coefficient (Wildman–Crippen LogP) is 6.65. The Balaban J connectivity index is 1.79. The van der Waals surface area contributed by atoms with Gasteiger partial charge in [0.1, 0.15) is 11.6 Å². The number of carbonyl (C=O) groups excluding carboxylic acids is 1. The molecule has 1 aromatic heterocycles. The van der Waals surface area contributed by atoms with E-state index in [0.29, 0.717) is 12.2 Å². The van der Waals surface area contributed by atoms with E-state index >= 15 is 0 Å². The molecule has 0 aliphatic carbocycles. The Bertz CT molecular complexity index is 686. The Kier molecular flexibility index (Phi) is 11.0. The van der Waals surface area contributed by atoms with Gasteiger partial charge < -0.3 is 4.74 Å². The minimum atomic E-state index is -0.197. The lowest BCUT2D eigenvalue weighted by molar-refractivity contribution is -0.134. The van der Waals surface area contributed by atoms with Crippen LogP contribution in [0.2, 0.25) is 0 Å². The molecule has 0 saturated heterocycles. The second-order valence-electron chi connectivity index (χ2n) is 7.78. The third-order valence-electron chi connectivity index (χ3n) is 5.22. The van der Waals surface area contributed by atoms with E-state index in [0.717, 1.165) is 31.5 Å². The van der Waals surface area contributed by atoms with Gasteiger partial charge >= 0.3 is 5.97 Å². The normalized spacial score (nSPS) is 11.9. The van der Waals surface area contributed by atoms with Gasteiger partial charge in [0.2, 0.25) is 0 Å². The fourth-order valence-corrected chi connectivity index (χ4v) is 3.53. The first-order chi connectivity index (χ1) is 14.2. The number of aromatic nitrogens is 2. The van der Waals surface area contributed by atoms with Crippen LogP contribution >= 0.6 is 0 Å². The highest BCUT2D eigenvalue weighted by Crippen LogP contribution is 2.24. The average Bonchev–Trinajstić information content (AvgIpc) is 2.75. The van der Waals surface area contributed by atoms with Crippen molar-refractivity contribution in [2.45, 2.75) is 90.4 Å². The standard InChI is InChI=1S/C25H36N2O2/c1-3-5-6-7-8-10-14-21-19-26-25(27-20-21)22(13-4-2)17-18-24(28)29-23-15-11-9-12-16-23/h9,11-12,15-16,19-20,22H,3-8,10,13-14,17-18H2,1-2H3. The Morgan fingerprint density at radius 3 is 2.28 bits per heavy atom. The molecule has 1 aromatic carbocycles. The average molecular weight is 397 g/mol. The molecule has 0 aliphatic heterocycles. The summed E-state index contributed by atoms with van der Waals surface area (Å²) < 4.78 is 5.40. The molecule has 4 heteroatoms. The van der Waals surface area contributed by atoms with E-state index in [1.165, 1.54) is 44.1 Å². The van der Waals surface area contributed by atoms with Gasteiger partial charge in [0.25, 0.3) is 0 Å². The fourth-order valence-electron chi connectivity index (χ4n) is 3.53. The number of esters is 1. The summed E-state index contributed by atoms with van der Waals surface area (Å²) in [5.41, 5.74) is 1.21. The topological polar surface area (TPSA) is 52.1 Å². The summed E-state index contributed by atoms with van der Waals surface area (Å²) in [5, 5.41) is 0. The first kappa shape index (κ1) is 23.1. The Hall–Kier alpha value is -2.23. The van der Waals surface area contributed by atoms with Crippen molar-refractivity contribution >= 4 is 5.97 Å². The lowest BCUT2D eigenvalue weighted by Gasteiger charge is -2.14. The van der Waals surface area contributed by atoms with Crippen molar-refractivity contribution in [3.05, 3.63) is 54.1 Å². The molecule has 0 N–H and O–H groups in total. The van der Waals surface area contributed by atoms with Crippen LogP contribution in [-0.2, 0) is 11.2 Å². The first-order valence-electron chi connectivity index (χ1n) is 11.3. The van der Waals surface area contributed by atoms with Gasteiger partial charge in [-0.3, -0.25) is 4.79 Å². The second-order valence-corrected chi connectivity index (χ2v) is 7.78. The van der Waals surface area contributed by atoms with Crippen LogP contribution in [0, 0.1) is 0 Å². The second kappa shape index (κ2) is 13.9. The molecule has 2 aromatic rings. The lowest BCUT2D eigenvalue weighted by Crippen LogP contribution is -2.12. The van der Waals surface area contributed by atoms with Gasteiger partial charge in [-0.1, -0.05) is 70.6 Å². The monoisotopic (exact) mass is 396 g/mol. The number of benzene rings is 1. The lowest BCUT2D eigenvalue weighted by atomic mass is 9.97. The summed E-state index contributed by atoms with van der Waals surface area (Å²) in [5.74, 6) is 1.45. The minimum Gasteiger partial charge on any atom is -0.427 e. The minimum absolute atomic E-state index is 0.197. The van der Waals surface area contributed by atoms with Crippen LogP contribution in [0.1, 0.15) is 95.4 Å². The summed E-state index contributed by atoms with van der Waals surface area (Å²) in [6.45, 7) is 4.40. The molecule has 158 valence electrons. The van der Waals surface area contributed by atoms with Crippen molar-refractivity contribution in [3.63, 3.8) is 0 Å². The highest BCUT2D eigenvalue weighted by Gasteiger charge is 2.16. The molecule has 29 heavy (non-hydrogen) atoms. The molecule has 0 bridgehead atoms. The summed E-state index contributed by atoms with van der Waals surface area (Å²) in [6.07, 6.45) is 15.9. The Morgan fingerprint density at radius 2 is 1.59 bits per heavy atom. The molecular weight excluding hydrogens is 360 g/mol. The number of hydrogen-bond acceptors (Lipinski definition) is 4. The third kappa shape index (κ3) is 9.21. The third-order valence-corrected chi connectivity index (χ3v) is 5.22. The number of hydrogen-bond donors (Lipinski definition) is 0. The Morgan fingerprint density at radius 1 is 0.897 bits per heavy atom. The Labute approximate surface area is 176 Å². The molecule has 0 aliphatic rings. The van der Waals surface area contributed by atoms with E-state index in [-0.39, 0.29) is 11.9 Å². The maximum atomic E-state index is 12.2. The van der Waals surface area contributed by atoms with Crippen LogP contribution in [0.3, 0.4) is 0 Å². The molecule has 2 rings (SSSR count). The zero-order chi connectivity index (χ0) is 20.7. The van der Waals surface area contributed by atoms with Crippen molar-refractivity contribution in [1.29, 1.82) is 0 Å². The zero-order valence-corrected chi connectivity index (χ0v) is 18.1. The molecule has 0 radical (unpaired) electrons.